The summed E-state index contributed by atoms with van der Waals surface area (Å²) in [6, 6.07) is 27.6. The Morgan fingerprint density at radius 3 is 1.52 bits per heavy atom. The minimum absolute atomic E-state index is 0.0906. The lowest BCUT2D eigenvalue weighted by Gasteiger charge is -2.20. The maximum atomic E-state index is 10.9. The quantitative estimate of drug-likeness (QED) is 0.0824. The number of hydrogen-bond acceptors (Lipinski definition) is 6. The summed E-state index contributed by atoms with van der Waals surface area (Å²) in [4.78, 5) is 0. The first-order valence-corrected chi connectivity index (χ1v) is 13.7. The minimum atomic E-state index is -0.991. The predicted molar refractivity (Wildman–Crippen MR) is 167 cm³/mol. The molecular formula is C36H28O6. The van der Waals surface area contributed by atoms with Crippen molar-refractivity contribution in [3.63, 3.8) is 0 Å². The van der Waals surface area contributed by atoms with Crippen LogP contribution in [0.2, 0.25) is 0 Å². The molecular weight excluding hydrogens is 528 g/mol. The average molecular weight is 557 g/mol. The van der Waals surface area contributed by atoms with E-state index in [2.05, 4.69) is 45.0 Å². The average Bonchev–Trinajstić information content (AvgIpc) is 3.36. The summed E-state index contributed by atoms with van der Waals surface area (Å²) in [5.74, 6) is -4.28. The van der Waals surface area contributed by atoms with E-state index in [1.807, 2.05) is 60.7 Å². The normalized spacial score (nSPS) is 12.2. The van der Waals surface area contributed by atoms with Crippen LogP contribution in [0.15, 0.2) is 89.3 Å². The number of hydrogen-bond donors (Lipinski definition) is 5. The zero-order chi connectivity index (χ0) is 29.5. The molecule has 7 aromatic rings. The Bertz CT molecular complexity index is 2150. The van der Waals surface area contributed by atoms with Gasteiger partial charge in [0.05, 0.1) is 5.56 Å². The third kappa shape index (κ3) is 3.51. The van der Waals surface area contributed by atoms with E-state index in [0.29, 0.717) is 16.3 Å². The number of para-hydroxylation sites is 1. The fraction of sp³-hybridized carbons (Fsp3) is 0.111. The maximum absolute atomic E-state index is 10.9. The van der Waals surface area contributed by atoms with Gasteiger partial charge in [0.1, 0.15) is 11.2 Å². The fourth-order valence-electron chi connectivity index (χ4n) is 6.18. The van der Waals surface area contributed by atoms with Crippen LogP contribution >= 0.6 is 0 Å². The van der Waals surface area contributed by atoms with Gasteiger partial charge >= 0.3 is 0 Å². The lowest BCUT2D eigenvalue weighted by Crippen LogP contribution is -2.10. The van der Waals surface area contributed by atoms with Gasteiger partial charge in [-0.25, -0.2) is 0 Å². The Morgan fingerprint density at radius 1 is 0.476 bits per heavy atom. The second kappa shape index (κ2) is 8.82. The first-order valence-electron chi connectivity index (χ1n) is 13.7. The summed E-state index contributed by atoms with van der Waals surface area (Å²) in [5.41, 5.74) is 4.85. The van der Waals surface area contributed by atoms with Crippen molar-refractivity contribution in [1.82, 2.24) is 0 Å². The number of aromatic hydroxyl groups is 5. The summed E-state index contributed by atoms with van der Waals surface area (Å²) in [6.07, 6.45) is 0. The Balaban J connectivity index is 1.60. The van der Waals surface area contributed by atoms with Crippen LogP contribution < -0.4 is 0 Å². The molecule has 0 amide bonds. The summed E-state index contributed by atoms with van der Waals surface area (Å²) >= 11 is 0. The van der Waals surface area contributed by atoms with E-state index >= 15 is 0 Å². The van der Waals surface area contributed by atoms with Gasteiger partial charge in [0.25, 0.3) is 0 Å². The van der Waals surface area contributed by atoms with E-state index < -0.39 is 28.7 Å². The Morgan fingerprint density at radius 2 is 0.976 bits per heavy atom. The van der Waals surface area contributed by atoms with Crippen LogP contribution in [0.1, 0.15) is 26.3 Å². The monoisotopic (exact) mass is 556 g/mol. The van der Waals surface area contributed by atoms with Crippen molar-refractivity contribution in [2.24, 2.45) is 0 Å². The number of phenolic OH excluding ortho intramolecular Hbond substituents is 5. The SMILES string of the molecule is CC(C)(C)c1cccc2c1oc1ccc(-c3c4ccccc4c(-c4c(O)c(O)c(O)c(O)c4O)c4ccccc34)cc12. The van der Waals surface area contributed by atoms with Crippen LogP contribution in [-0.4, -0.2) is 25.5 Å². The molecule has 6 aromatic carbocycles. The van der Waals surface area contributed by atoms with Crippen LogP contribution in [0.25, 0.3) is 65.7 Å². The van der Waals surface area contributed by atoms with Crippen molar-refractivity contribution in [2.45, 2.75) is 26.2 Å². The van der Waals surface area contributed by atoms with Gasteiger partial charge < -0.3 is 29.9 Å². The molecule has 0 aliphatic carbocycles. The number of benzene rings is 6. The predicted octanol–water partition coefficient (Wildman–Crippen LogP) is 9.05. The van der Waals surface area contributed by atoms with Gasteiger partial charge in [0.15, 0.2) is 11.5 Å². The molecule has 0 unspecified atom stereocenters. The van der Waals surface area contributed by atoms with Crippen LogP contribution in [0.4, 0.5) is 0 Å². The number of phenols is 5. The molecule has 0 spiro atoms. The minimum Gasteiger partial charge on any atom is -0.504 e. The molecule has 7 rings (SSSR count). The van der Waals surface area contributed by atoms with E-state index in [9.17, 15) is 25.5 Å². The summed E-state index contributed by atoms with van der Waals surface area (Å²) in [7, 11) is 0. The van der Waals surface area contributed by atoms with Crippen LogP contribution in [0.5, 0.6) is 28.7 Å². The van der Waals surface area contributed by atoms with Crippen molar-refractivity contribution in [3.05, 3.63) is 90.5 Å². The Kier molecular flexibility index (Phi) is 5.37. The van der Waals surface area contributed by atoms with Gasteiger partial charge in [-0.3, -0.25) is 0 Å². The van der Waals surface area contributed by atoms with Crippen molar-refractivity contribution >= 4 is 43.5 Å². The van der Waals surface area contributed by atoms with Crippen molar-refractivity contribution in [3.8, 4) is 51.0 Å². The highest BCUT2D eigenvalue weighted by atomic mass is 16.4. The highest BCUT2D eigenvalue weighted by molar-refractivity contribution is 6.23. The summed E-state index contributed by atoms with van der Waals surface area (Å²) < 4.78 is 6.39. The third-order valence-electron chi connectivity index (χ3n) is 8.15. The molecule has 0 saturated carbocycles. The van der Waals surface area contributed by atoms with Gasteiger partial charge in [-0.15, -0.1) is 0 Å². The molecule has 1 heterocycles. The second-order valence-electron chi connectivity index (χ2n) is 11.7. The molecule has 0 aliphatic heterocycles. The lowest BCUT2D eigenvalue weighted by atomic mass is 9.84. The van der Waals surface area contributed by atoms with Crippen molar-refractivity contribution < 1.29 is 29.9 Å². The maximum Gasteiger partial charge on any atom is 0.208 e. The van der Waals surface area contributed by atoms with Crippen molar-refractivity contribution in [2.75, 3.05) is 0 Å². The zero-order valence-corrected chi connectivity index (χ0v) is 23.2. The second-order valence-corrected chi connectivity index (χ2v) is 11.7. The molecule has 0 bridgehead atoms. The molecule has 208 valence electrons. The molecule has 6 heteroatoms. The molecule has 42 heavy (non-hydrogen) atoms. The number of fused-ring (bicyclic) bond motifs is 5. The Labute approximate surface area is 240 Å². The number of rotatable bonds is 2. The van der Waals surface area contributed by atoms with Crippen LogP contribution in [-0.2, 0) is 5.41 Å². The smallest absolute Gasteiger partial charge is 0.208 e. The van der Waals surface area contributed by atoms with Gasteiger partial charge in [-0.05, 0) is 50.2 Å². The highest BCUT2D eigenvalue weighted by Gasteiger charge is 2.28. The molecule has 1 aromatic heterocycles. The van der Waals surface area contributed by atoms with Gasteiger partial charge in [-0.1, -0.05) is 93.6 Å². The third-order valence-corrected chi connectivity index (χ3v) is 8.15. The van der Waals surface area contributed by atoms with Gasteiger partial charge in [0.2, 0.25) is 17.2 Å². The summed E-state index contributed by atoms with van der Waals surface area (Å²) in [5, 5.41) is 57.7. The molecule has 0 fully saturated rings. The van der Waals surface area contributed by atoms with Gasteiger partial charge in [0, 0.05) is 21.9 Å². The van der Waals surface area contributed by atoms with Crippen molar-refractivity contribution in [1.29, 1.82) is 0 Å². The molecule has 0 atom stereocenters. The standard InChI is InChI=1S/C36H28O6/c1-36(2,3)25-14-8-13-23-24-17-18(15-16-26(24)42-35(23)25)27-19-9-4-6-11-21(19)28(22-12-7-5-10-20(22)27)29-30(37)32(39)34(41)33(40)31(29)38/h4-17,37-41H,1-3H3. The topological polar surface area (TPSA) is 114 Å². The molecule has 0 aliphatic rings. The number of furan rings is 1. The fourth-order valence-corrected chi connectivity index (χ4v) is 6.18. The van der Waals surface area contributed by atoms with Crippen LogP contribution in [0.3, 0.4) is 0 Å². The van der Waals surface area contributed by atoms with Gasteiger partial charge in [-0.2, -0.15) is 0 Å². The van der Waals surface area contributed by atoms with Crippen LogP contribution in [0, 0.1) is 0 Å². The Hall–Kier alpha value is -5.36. The summed E-state index contributed by atoms with van der Waals surface area (Å²) in [6.45, 7) is 6.51. The van der Waals surface area contributed by atoms with E-state index in [1.165, 1.54) is 0 Å². The highest BCUT2D eigenvalue weighted by Crippen LogP contribution is 2.57. The molecule has 0 radical (unpaired) electrons. The zero-order valence-electron chi connectivity index (χ0n) is 23.2. The van der Waals surface area contributed by atoms with E-state index in [0.717, 1.165) is 49.4 Å². The largest absolute Gasteiger partial charge is 0.504 e. The van der Waals surface area contributed by atoms with E-state index in [-0.39, 0.29) is 11.0 Å². The molecule has 6 nitrogen and oxygen atoms in total. The lowest BCUT2D eigenvalue weighted by molar-refractivity contribution is 0.330. The van der Waals surface area contributed by atoms with E-state index in [4.69, 9.17) is 4.42 Å². The first-order chi connectivity index (χ1) is 20.1. The molecule has 0 saturated heterocycles. The molecule has 5 N–H and O–H groups in total. The first kappa shape index (κ1) is 25.6. The van der Waals surface area contributed by atoms with E-state index in [1.54, 1.807) is 0 Å².